The standard InChI is InChI=1S/C16H12N6O2/c1-10-2-4-11(5-3-10)22-14(23)12-8-18-15(21-7-6-17-9-21)19-13(12)20-16(22)24/h2-9H,1H3,(H,18,19,20,24). The molecule has 1 N–H and O–H groups in total. The molecule has 3 heterocycles. The second-order valence-electron chi connectivity index (χ2n) is 5.31. The fourth-order valence-electron chi connectivity index (χ4n) is 2.42. The highest BCUT2D eigenvalue weighted by atomic mass is 16.2. The molecule has 0 unspecified atom stereocenters. The molecule has 4 rings (SSSR count). The molecule has 0 aliphatic heterocycles. The highest BCUT2D eigenvalue weighted by molar-refractivity contribution is 5.73. The first-order valence-corrected chi connectivity index (χ1v) is 7.21. The van der Waals surface area contributed by atoms with Crippen molar-refractivity contribution in [3.8, 4) is 11.6 Å². The fraction of sp³-hybridized carbons (Fsp3) is 0.0625. The summed E-state index contributed by atoms with van der Waals surface area (Å²) < 4.78 is 2.66. The summed E-state index contributed by atoms with van der Waals surface area (Å²) >= 11 is 0. The van der Waals surface area contributed by atoms with Gasteiger partial charge in [-0.05, 0) is 19.1 Å². The van der Waals surface area contributed by atoms with Crippen molar-refractivity contribution in [2.75, 3.05) is 0 Å². The van der Waals surface area contributed by atoms with Crippen molar-refractivity contribution >= 4 is 11.0 Å². The summed E-state index contributed by atoms with van der Waals surface area (Å²) in [4.78, 5) is 40.0. The van der Waals surface area contributed by atoms with Crippen LogP contribution in [0.25, 0.3) is 22.7 Å². The van der Waals surface area contributed by atoms with Crippen LogP contribution < -0.4 is 11.2 Å². The number of aromatic amines is 1. The van der Waals surface area contributed by atoms with Gasteiger partial charge in [0.1, 0.15) is 11.7 Å². The Morgan fingerprint density at radius 2 is 1.92 bits per heavy atom. The van der Waals surface area contributed by atoms with Crippen LogP contribution in [0.3, 0.4) is 0 Å². The van der Waals surface area contributed by atoms with Gasteiger partial charge in [0.15, 0.2) is 5.65 Å². The third-order valence-corrected chi connectivity index (χ3v) is 3.67. The largest absolute Gasteiger partial charge is 0.334 e. The maximum atomic E-state index is 12.7. The van der Waals surface area contributed by atoms with Crippen LogP contribution in [0, 0.1) is 6.92 Å². The molecule has 0 bridgehead atoms. The van der Waals surface area contributed by atoms with Crippen LogP contribution in [-0.4, -0.2) is 29.1 Å². The first kappa shape index (κ1) is 14.1. The number of H-pyrrole nitrogens is 1. The van der Waals surface area contributed by atoms with Gasteiger partial charge in [0.25, 0.3) is 5.56 Å². The van der Waals surface area contributed by atoms with Gasteiger partial charge in [-0.3, -0.25) is 14.3 Å². The lowest BCUT2D eigenvalue weighted by molar-refractivity contribution is 0.877. The molecule has 24 heavy (non-hydrogen) atoms. The molecule has 0 saturated carbocycles. The monoisotopic (exact) mass is 320 g/mol. The van der Waals surface area contributed by atoms with Crippen LogP contribution in [0.1, 0.15) is 5.56 Å². The van der Waals surface area contributed by atoms with Crippen molar-refractivity contribution in [1.82, 2.24) is 29.1 Å². The van der Waals surface area contributed by atoms with Gasteiger partial charge in [-0.2, -0.15) is 4.98 Å². The lowest BCUT2D eigenvalue weighted by atomic mass is 10.2. The first-order valence-electron chi connectivity index (χ1n) is 7.21. The van der Waals surface area contributed by atoms with Gasteiger partial charge in [0.2, 0.25) is 5.95 Å². The number of nitrogens with zero attached hydrogens (tertiary/aromatic N) is 5. The Kier molecular flexibility index (Phi) is 3.09. The van der Waals surface area contributed by atoms with E-state index in [0.29, 0.717) is 11.6 Å². The van der Waals surface area contributed by atoms with Crippen LogP contribution in [0.4, 0.5) is 0 Å². The van der Waals surface area contributed by atoms with Crippen LogP contribution in [0.5, 0.6) is 0 Å². The van der Waals surface area contributed by atoms with E-state index < -0.39 is 11.2 Å². The zero-order valence-corrected chi connectivity index (χ0v) is 12.7. The predicted molar refractivity (Wildman–Crippen MR) is 87.6 cm³/mol. The Hall–Kier alpha value is -3.55. The van der Waals surface area contributed by atoms with Crippen LogP contribution >= 0.6 is 0 Å². The minimum Gasteiger partial charge on any atom is -0.291 e. The SMILES string of the molecule is Cc1ccc(-n2c(=O)[nH]c3nc(-n4ccnc4)ncc3c2=O)cc1. The number of hydrogen-bond donors (Lipinski definition) is 1. The third kappa shape index (κ3) is 2.21. The van der Waals surface area contributed by atoms with Crippen molar-refractivity contribution in [2.24, 2.45) is 0 Å². The fourth-order valence-corrected chi connectivity index (χ4v) is 2.42. The number of imidazole rings is 1. The number of aryl methyl sites for hydroxylation is 1. The highest BCUT2D eigenvalue weighted by Crippen LogP contribution is 2.08. The van der Waals surface area contributed by atoms with Gasteiger partial charge in [0.05, 0.1) is 5.69 Å². The molecule has 4 aromatic rings. The molecule has 0 radical (unpaired) electrons. The van der Waals surface area contributed by atoms with Crippen molar-refractivity contribution < 1.29 is 0 Å². The number of nitrogens with one attached hydrogen (secondary N) is 1. The number of hydrogen-bond acceptors (Lipinski definition) is 5. The van der Waals surface area contributed by atoms with Gasteiger partial charge < -0.3 is 0 Å². The molecular weight excluding hydrogens is 308 g/mol. The van der Waals surface area contributed by atoms with Gasteiger partial charge in [-0.1, -0.05) is 17.7 Å². The summed E-state index contributed by atoms with van der Waals surface area (Å²) in [6.45, 7) is 1.93. The maximum Gasteiger partial charge on any atom is 0.334 e. The average molecular weight is 320 g/mol. The molecule has 8 heteroatoms. The van der Waals surface area contributed by atoms with E-state index in [1.807, 2.05) is 19.1 Å². The molecule has 3 aromatic heterocycles. The van der Waals surface area contributed by atoms with Crippen molar-refractivity contribution in [2.45, 2.75) is 6.92 Å². The van der Waals surface area contributed by atoms with E-state index in [4.69, 9.17) is 0 Å². The molecule has 0 spiro atoms. The van der Waals surface area contributed by atoms with Crippen molar-refractivity contribution in [1.29, 1.82) is 0 Å². The van der Waals surface area contributed by atoms with Crippen LogP contribution in [0.2, 0.25) is 0 Å². The Balaban J connectivity index is 1.95. The molecule has 0 fully saturated rings. The van der Waals surface area contributed by atoms with E-state index in [1.165, 1.54) is 12.5 Å². The lowest BCUT2D eigenvalue weighted by Gasteiger charge is -2.07. The summed E-state index contributed by atoms with van der Waals surface area (Å²) in [5, 5.41) is 0.235. The first-order chi connectivity index (χ1) is 11.6. The topological polar surface area (TPSA) is 98.5 Å². The minimum absolute atomic E-state index is 0.187. The molecule has 0 amide bonds. The highest BCUT2D eigenvalue weighted by Gasteiger charge is 2.12. The van der Waals surface area contributed by atoms with E-state index in [2.05, 4.69) is 19.9 Å². The summed E-state index contributed by atoms with van der Waals surface area (Å²) in [5.74, 6) is 0.322. The van der Waals surface area contributed by atoms with E-state index in [1.54, 1.807) is 29.1 Å². The average Bonchev–Trinajstić information content (AvgIpc) is 3.10. The third-order valence-electron chi connectivity index (χ3n) is 3.67. The molecule has 0 saturated heterocycles. The Morgan fingerprint density at radius 3 is 2.62 bits per heavy atom. The molecule has 0 aliphatic rings. The van der Waals surface area contributed by atoms with E-state index in [-0.39, 0.29) is 11.0 Å². The number of aromatic nitrogens is 6. The number of fused-ring (bicyclic) bond motifs is 1. The molecule has 8 nitrogen and oxygen atoms in total. The van der Waals surface area contributed by atoms with Gasteiger partial charge in [-0.25, -0.2) is 19.3 Å². The zero-order valence-electron chi connectivity index (χ0n) is 12.7. The van der Waals surface area contributed by atoms with Gasteiger partial charge in [-0.15, -0.1) is 0 Å². The maximum absolute atomic E-state index is 12.7. The van der Waals surface area contributed by atoms with E-state index in [0.717, 1.165) is 10.1 Å². The Morgan fingerprint density at radius 1 is 1.12 bits per heavy atom. The minimum atomic E-state index is -0.549. The summed E-state index contributed by atoms with van der Waals surface area (Å²) in [7, 11) is 0. The second-order valence-corrected chi connectivity index (χ2v) is 5.31. The van der Waals surface area contributed by atoms with E-state index >= 15 is 0 Å². The molecule has 1 aromatic carbocycles. The predicted octanol–water partition coefficient (Wildman–Crippen LogP) is 0.963. The molecule has 0 atom stereocenters. The normalized spacial score (nSPS) is 11.0. The van der Waals surface area contributed by atoms with Crippen molar-refractivity contribution in [3.63, 3.8) is 0 Å². The number of benzene rings is 1. The number of rotatable bonds is 2. The van der Waals surface area contributed by atoms with Crippen LogP contribution in [0.15, 0.2) is 58.8 Å². The van der Waals surface area contributed by atoms with Crippen molar-refractivity contribution in [3.05, 3.63) is 75.6 Å². The second kappa shape index (κ2) is 5.27. The molecular formula is C16H12N6O2. The molecule has 0 aliphatic carbocycles. The van der Waals surface area contributed by atoms with E-state index in [9.17, 15) is 9.59 Å². The smallest absolute Gasteiger partial charge is 0.291 e. The Bertz CT molecular complexity index is 1140. The summed E-state index contributed by atoms with van der Waals surface area (Å²) in [6, 6.07) is 7.12. The Labute approximate surface area is 135 Å². The van der Waals surface area contributed by atoms with Crippen LogP contribution in [-0.2, 0) is 0 Å². The summed E-state index contributed by atoms with van der Waals surface area (Å²) in [6.07, 6.45) is 6.20. The van der Waals surface area contributed by atoms with Gasteiger partial charge >= 0.3 is 5.69 Å². The quantitative estimate of drug-likeness (QED) is 0.593. The molecule has 118 valence electrons. The van der Waals surface area contributed by atoms with Gasteiger partial charge in [0, 0.05) is 18.6 Å². The summed E-state index contributed by atoms with van der Waals surface area (Å²) in [5.41, 5.74) is 0.707. The lowest BCUT2D eigenvalue weighted by Crippen LogP contribution is -2.34. The zero-order chi connectivity index (χ0) is 16.7.